The predicted octanol–water partition coefficient (Wildman–Crippen LogP) is -0.355. The summed E-state index contributed by atoms with van der Waals surface area (Å²) < 4.78 is 5.25. The van der Waals surface area contributed by atoms with Gasteiger partial charge in [0.2, 0.25) is 6.41 Å². The maximum absolute atomic E-state index is 11.8. The zero-order valence-corrected chi connectivity index (χ0v) is 10.6. The maximum Gasteiger partial charge on any atom is 0.267 e. The molecule has 19 heavy (non-hydrogen) atoms. The van der Waals surface area contributed by atoms with Crippen LogP contribution in [0.4, 0.5) is 5.69 Å². The maximum atomic E-state index is 11.8. The molecule has 0 aliphatic carbocycles. The molecule has 7 heteroatoms. The van der Waals surface area contributed by atoms with Gasteiger partial charge in [0.05, 0.1) is 18.9 Å². The molecule has 0 bridgehead atoms. The van der Waals surface area contributed by atoms with E-state index in [9.17, 15) is 9.59 Å². The van der Waals surface area contributed by atoms with E-state index in [-0.39, 0.29) is 5.91 Å². The lowest BCUT2D eigenvalue weighted by Crippen LogP contribution is -2.41. The number of carbonyl (C=O) groups is 2. The highest BCUT2D eigenvalue weighted by Crippen LogP contribution is 2.07. The molecule has 0 unspecified atom stereocenters. The molecule has 0 aromatic carbocycles. The molecule has 1 aliphatic heterocycles. The van der Waals surface area contributed by atoms with E-state index in [1.165, 1.54) is 0 Å². The fourth-order valence-corrected chi connectivity index (χ4v) is 1.92. The first-order chi connectivity index (χ1) is 9.29. The van der Waals surface area contributed by atoms with Crippen molar-refractivity contribution in [1.82, 2.24) is 15.2 Å². The van der Waals surface area contributed by atoms with Crippen LogP contribution in [0.5, 0.6) is 0 Å². The number of rotatable bonds is 6. The number of nitrogens with one attached hydrogen (secondary N) is 3. The molecule has 7 nitrogen and oxygen atoms in total. The summed E-state index contributed by atoms with van der Waals surface area (Å²) in [6.45, 7) is 4.73. The quantitative estimate of drug-likeness (QED) is 0.614. The van der Waals surface area contributed by atoms with E-state index in [1.807, 2.05) is 0 Å². The lowest BCUT2D eigenvalue weighted by atomic mass is 10.3. The lowest BCUT2D eigenvalue weighted by Gasteiger charge is -2.26. The van der Waals surface area contributed by atoms with E-state index in [0.29, 0.717) is 24.3 Å². The second-order valence-electron chi connectivity index (χ2n) is 4.27. The minimum absolute atomic E-state index is 0.174. The van der Waals surface area contributed by atoms with Crippen LogP contribution in [0.15, 0.2) is 12.3 Å². The number of H-pyrrole nitrogens is 1. The van der Waals surface area contributed by atoms with Crippen molar-refractivity contribution in [2.75, 3.05) is 44.7 Å². The third kappa shape index (κ3) is 4.08. The molecule has 2 amide bonds. The first-order valence-electron chi connectivity index (χ1n) is 6.26. The van der Waals surface area contributed by atoms with E-state index in [4.69, 9.17) is 4.74 Å². The van der Waals surface area contributed by atoms with Gasteiger partial charge in [-0.15, -0.1) is 0 Å². The molecule has 1 fully saturated rings. The third-order valence-corrected chi connectivity index (χ3v) is 2.97. The molecule has 0 spiro atoms. The standard InChI is InChI=1S/C12H18N4O3/c17-9-15-10-7-11(14-8-10)12(18)13-1-2-16-3-5-19-6-4-16/h7-9,14H,1-6H2,(H,13,18)(H,15,17). The van der Waals surface area contributed by atoms with Gasteiger partial charge >= 0.3 is 0 Å². The molecule has 2 rings (SSSR count). The van der Waals surface area contributed by atoms with Gasteiger partial charge in [-0.25, -0.2) is 0 Å². The van der Waals surface area contributed by atoms with Crippen LogP contribution >= 0.6 is 0 Å². The third-order valence-electron chi connectivity index (χ3n) is 2.97. The van der Waals surface area contributed by atoms with Gasteiger partial charge in [-0.3, -0.25) is 14.5 Å². The van der Waals surface area contributed by atoms with Gasteiger partial charge in [-0.2, -0.15) is 0 Å². The van der Waals surface area contributed by atoms with Gasteiger partial charge in [0.1, 0.15) is 5.69 Å². The fourth-order valence-electron chi connectivity index (χ4n) is 1.92. The minimum atomic E-state index is -0.174. The van der Waals surface area contributed by atoms with Crippen molar-refractivity contribution in [3.05, 3.63) is 18.0 Å². The van der Waals surface area contributed by atoms with Crippen molar-refractivity contribution in [2.24, 2.45) is 0 Å². The van der Waals surface area contributed by atoms with Crippen molar-refractivity contribution in [3.63, 3.8) is 0 Å². The number of aromatic nitrogens is 1. The van der Waals surface area contributed by atoms with Crippen molar-refractivity contribution in [2.45, 2.75) is 0 Å². The highest BCUT2D eigenvalue weighted by Gasteiger charge is 2.11. The average molecular weight is 266 g/mol. The van der Waals surface area contributed by atoms with Crippen LogP contribution < -0.4 is 10.6 Å². The largest absolute Gasteiger partial charge is 0.379 e. The van der Waals surface area contributed by atoms with Crippen LogP contribution in [0, 0.1) is 0 Å². The average Bonchev–Trinajstić information content (AvgIpc) is 2.89. The van der Waals surface area contributed by atoms with Crippen molar-refractivity contribution < 1.29 is 14.3 Å². The molecule has 0 radical (unpaired) electrons. The Bertz CT molecular complexity index is 426. The summed E-state index contributed by atoms with van der Waals surface area (Å²) >= 11 is 0. The number of ether oxygens (including phenoxy) is 1. The highest BCUT2D eigenvalue weighted by molar-refractivity contribution is 5.94. The molecule has 104 valence electrons. The second-order valence-corrected chi connectivity index (χ2v) is 4.27. The fraction of sp³-hybridized carbons (Fsp3) is 0.500. The summed E-state index contributed by atoms with van der Waals surface area (Å²) in [6, 6.07) is 1.60. The number of hydrogen-bond acceptors (Lipinski definition) is 4. The number of aromatic amines is 1. The van der Waals surface area contributed by atoms with Gasteiger partial charge in [0, 0.05) is 32.4 Å². The van der Waals surface area contributed by atoms with Crippen molar-refractivity contribution in [1.29, 1.82) is 0 Å². The van der Waals surface area contributed by atoms with Crippen molar-refractivity contribution >= 4 is 18.0 Å². The summed E-state index contributed by atoms with van der Waals surface area (Å²) in [6.07, 6.45) is 2.15. The summed E-state index contributed by atoms with van der Waals surface area (Å²) in [7, 11) is 0. The molecule has 1 aromatic rings. The number of carbonyl (C=O) groups excluding carboxylic acids is 2. The second kappa shape index (κ2) is 6.91. The summed E-state index contributed by atoms with van der Waals surface area (Å²) in [4.78, 5) is 27.1. The van der Waals surface area contributed by atoms with Crippen molar-refractivity contribution in [3.8, 4) is 0 Å². The van der Waals surface area contributed by atoms with Crippen LogP contribution in [0.1, 0.15) is 10.5 Å². The molecular formula is C12H18N4O3. The molecular weight excluding hydrogens is 248 g/mol. The predicted molar refractivity (Wildman–Crippen MR) is 70.1 cm³/mol. The van der Waals surface area contributed by atoms with Crippen LogP contribution in [0.3, 0.4) is 0 Å². The van der Waals surface area contributed by atoms with Crippen LogP contribution in [-0.2, 0) is 9.53 Å². The van der Waals surface area contributed by atoms with Gasteiger partial charge in [0.25, 0.3) is 5.91 Å². The molecule has 3 N–H and O–H groups in total. The van der Waals surface area contributed by atoms with E-state index in [2.05, 4.69) is 20.5 Å². The number of morpholine rings is 1. The number of nitrogens with zero attached hydrogens (tertiary/aromatic N) is 1. The van der Waals surface area contributed by atoms with Gasteiger partial charge in [-0.1, -0.05) is 0 Å². The Hall–Kier alpha value is -1.86. The Morgan fingerprint density at radius 1 is 1.47 bits per heavy atom. The molecule has 2 heterocycles. The Labute approximate surface area is 111 Å². The molecule has 1 aliphatic rings. The number of hydrogen-bond donors (Lipinski definition) is 3. The monoisotopic (exact) mass is 266 g/mol. The van der Waals surface area contributed by atoms with Crippen LogP contribution in [0.25, 0.3) is 0 Å². The van der Waals surface area contributed by atoms with E-state index in [1.54, 1.807) is 12.3 Å². The molecule has 1 saturated heterocycles. The molecule has 1 aromatic heterocycles. The van der Waals surface area contributed by atoms with E-state index < -0.39 is 0 Å². The van der Waals surface area contributed by atoms with Gasteiger partial charge in [-0.05, 0) is 6.07 Å². The topological polar surface area (TPSA) is 86.5 Å². The first-order valence-corrected chi connectivity index (χ1v) is 6.26. The zero-order valence-electron chi connectivity index (χ0n) is 10.6. The van der Waals surface area contributed by atoms with Crippen LogP contribution in [-0.4, -0.2) is 61.6 Å². The number of anilines is 1. The Kier molecular flexibility index (Phi) is 4.93. The summed E-state index contributed by atoms with van der Waals surface area (Å²) in [5.74, 6) is -0.174. The zero-order chi connectivity index (χ0) is 13.5. The van der Waals surface area contributed by atoms with E-state index in [0.717, 1.165) is 32.8 Å². The smallest absolute Gasteiger partial charge is 0.267 e. The van der Waals surface area contributed by atoms with Gasteiger partial charge in [0.15, 0.2) is 0 Å². The van der Waals surface area contributed by atoms with Crippen LogP contribution in [0.2, 0.25) is 0 Å². The Morgan fingerprint density at radius 3 is 3.00 bits per heavy atom. The summed E-state index contributed by atoms with van der Waals surface area (Å²) in [5.41, 5.74) is 1.01. The SMILES string of the molecule is O=CNc1c[nH]c(C(=O)NCCN2CCOCC2)c1. The lowest BCUT2D eigenvalue weighted by molar-refractivity contribution is -0.105. The number of amides is 2. The molecule has 0 atom stereocenters. The normalized spacial score (nSPS) is 16.0. The highest BCUT2D eigenvalue weighted by atomic mass is 16.5. The van der Waals surface area contributed by atoms with E-state index >= 15 is 0 Å². The molecule has 0 saturated carbocycles. The minimum Gasteiger partial charge on any atom is -0.379 e. The summed E-state index contributed by atoms with van der Waals surface area (Å²) in [5, 5.41) is 5.31. The Morgan fingerprint density at radius 2 is 2.26 bits per heavy atom. The Balaban J connectivity index is 1.72. The van der Waals surface area contributed by atoms with Gasteiger partial charge < -0.3 is 20.4 Å². The first kappa shape index (κ1) is 13.6.